The number of aryl methyl sites for hydroxylation is 2. The van der Waals surface area contributed by atoms with Gasteiger partial charge in [-0.2, -0.15) is 0 Å². The molecule has 15 nitrogen and oxygen atoms in total. The third-order valence-corrected chi connectivity index (χ3v) is 6.81. The van der Waals surface area contributed by atoms with Gasteiger partial charge in [0.2, 0.25) is 5.91 Å². The molecule has 4 N–H and O–H groups in total. The third kappa shape index (κ3) is 7.61. The van der Waals surface area contributed by atoms with Crippen LogP contribution in [-0.2, 0) is 38.0 Å². The fourth-order valence-corrected chi connectivity index (χ4v) is 4.63. The molecular weight excluding hydrogens is 562 g/mol. The van der Waals surface area contributed by atoms with E-state index in [2.05, 4.69) is 20.7 Å². The second-order valence-electron chi connectivity index (χ2n) is 10.3. The summed E-state index contributed by atoms with van der Waals surface area (Å²) in [6.45, 7) is 1.25. The second-order valence-corrected chi connectivity index (χ2v) is 10.3. The first-order chi connectivity index (χ1) is 20.3. The lowest BCUT2D eigenvalue weighted by Crippen LogP contribution is -2.55. The van der Waals surface area contributed by atoms with Crippen LogP contribution in [0.15, 0.2) is 36.4 Å². The van der Waals surface area contributed by atoms with Crippen LogP contribution in [0, 0.1) is 0 Å². The highest BCUT2D eigenvalue weighted by Gasteiger charge is 2.54. The smallest absolute Gasteiger partial charge is 0.368 e. The van der Waals surface area contributed by atoms with Gasteiger partial charge in [0.05, 0.1) is 25.6 Å². The van der Waals surface area contributed by atoms with Crippen LogP contribution in [0.5, 0.6) is 0 Å². The molecule has 4 amide bonds. The molecule has 0 aromatic carbocycles. The number of rotatable bonds is 14. The second kappa shape index (κ2) is 14.0. The molecule has 0 radical (unpaired) electrons. The fraction of sp³-hybridized carbons (Fsp3) is 0.464. The number of aromatic nitrogens is 2. The van der Waals surface area contributed by atoms with Gasteiger partial charge in [0.1, 0.15) is 11.4 Å². The van der Waals surface area contributed by atoms with Gasteiger partial charge in [0, 0.05) is 52.1 Å². The largest absolute Gasteiger partial charge is 0.495 e. The van der Waals surface area contributed by atoms with Crippen molar-refractivity contribution in [2.24, 2.45) is 14.1 Å². The van der Waals surface area contributed by atoms with Crippen LogP contribution in [0.1, 0.15) is 40.2 Å². The number of anilines is 2. The maximum absolute atomic E-state index is 13.0. The van der Waals surface area contributed by atoms with E-state index >= 15 is 0 Å². The molecule has 1 aliphatic heterocycles. The van der Waals surface area contributed by atoms with E-state index in [1.165, 1.54) is 13.2 Å². The van der Waals surface area contributed by atoms with Gasteiger partial charge in [-0.3, -0.25) is 24.1 Å². The number of esters is 1. The molecule has 15 heteroatoms. The van der Waals surface area contributed by atoms with E-state index in [0.29, 0.717) is 23.6 Å². The predicted octanol–water partition coefficient (Wildman–Crippen LogP) is 0.250. The summed E-state index contributed by atoms with van der Waals surface area (Å²) in [7, 11) is 9.57. The lowest BCUT2D eigenvalue weighted by atomic mass is 10.1. The number of hydrogen-bond donors (Lipinski definition) is 4. The van der Waals surface area contributed by atoms with E-state index in [4.69, 9.17) is 4.74 Å². The van der Waals surface area contributed by atoms with Crippen molar-refractivity contribution in [1.82, 2.24) is 24.3 Å². The van der Waals surface area contributed by atoms with Crippen molar-refractivity contribution in [2.75, 3.05) is 58.6 Å². The molecule has 1 atom stereocenters. The maximum Gasteiger partial charge on any atom is 0.368 e. The first-order valence-corrected chi connectivity index (χ1v) is 13.6. The van der Waals surface area contributed by atoms with Crippen molar-refractivity contribution >= 4 is 41.0 Å². The van der Waals surface area contributed by atoms with Crippen LogP contribution in [-0.4, -0.2) is 107 Å². The topological polar surface area (TPSA) is 176 Å². The van der Waals surface area contributed by atoms with Crippen LogP contribution < -0.4 is 16.0 Å². The summed E-state index contributed by atoms with van der Waals surface area (Å²) in [5.74, 6) is -3.11. The van der Waals surface area contributed by atoms with E-state index in [-0.39, 0.29) is 36.7 Å². The van der Waals surface area contributed by atoms with Gasteiger partial charge in [0.25, 0.3) is 17.7 Å². The number of ether oxygens (including phenoxy) is 2. The third-order valence-electron chi connectivity index (χ3n) is 6.81. The van der Waals surface area contributed by atoms with Gasteiger partial charge in [-0.1, -0.05) is 0 Å². The van der Waals surface area contributed by atoms with Crippen LogP contribution in [0.25, 0.3) is 0 Å². The lowest BCUT2D eigenvalue weighted by Gasteiger charge is -2.32. The average Bonchev–Trinajstić information content (AvgIpc) is 3.58. The van der Waals surface area contributed by atoms with Crippen molar-refractivity contribution in [3.8, 4) is 0 Å². The molecule has 2 aromatic heterocycles. The molecule has 2 aromatic rings. The summed E-state index contributed by atoms with van der Waals surface area (Å²) in [4.78, 5) is 65.6. The van der Waals surface area contributed by atoms with Crippen molar-refractivity contribution in [1.29, 1.82) is 0 Å². The summed E-state index contributed by atoms with van der Waals surface area (Å²) in [6, 6.07) is 3.09. The van der Waals surface area contributed by atoms with E-state index in [0.717, 1.165) is 31.1 Å². The van der Waals surface area contributed by atoms with Gasteiger partial charge >= 0.3 is 11.7 Å². The van der Waals surface area contributed by atoms with Gasteiger partial charge in [0.15, 0.2) is 5.76 Å². The quantitative estimate of drug-likeness (QED) is 0.175. The Morgan fingerprint density at radius 1 is 0.953 bits per heavy atom. The Hall–Kier alpha value is -4.63. The highest BCUT2D eigenvalue weighted by molar-refractivity contribution is 6.05. The summed E-state index contributed by atoms with van der Waals surface area (Å²) in [5, 5.41) is 19.2. The molecule has 234 valence electrons. The summed E-state index contributed by atoms with van der Waals surface area (Å²) in [5.41, 5.74) is -0.941. The molecule has 0 spiro atoms. The molecule has 43 heavy (non-hydrogen) atoms. The first kappa shape index (κ1) is 32.9. The maximum atomic E-state index is 13.0. The minimum absolute atomic E-state index is 0.0518. The standard InChI is InChI=1S/C28H39N7O8/c1-32(2)11-8-10-29-25(38)20-14-19(17-33(20)3)31-26(39)21-13-18(16-34(21)4)30-23(36)9-7-12-35-24(37)15-22(42-5)28(35,41)27(40)43-6/h13-17,41H,7-12H2,1-6H3,(H,29,38)(H,30,36)(H,31,39). The van der Waals surface area contributed by atoms with Gasteiger partial charge in [-0.15, -0.1) is 0 Å². The number of nitrogens with one attached hydrogen (secondary N) is 3. The Balaban J connectivity index is 1.54. The van der Waals surface area contributed by atoms with E-state index < -0.39 is 29.4 Å². The monoisotopic (exact) mass is 601 g/mol. The van der Waals surface area contributed by atoms with Gasteiger partial charge in [-0.05, 0) is 45.6 Å². The number of hydrogen-bond acceptors (Lipinski definition) is 9. The summed E-state index contributed by atoms with van der Waals surface area (Å²) in [6.07, 6.45) is 5.06. The number of amides is 4. The summed E-state index contributed by atoms with van der Waals surface area (Å²) < 4.78 is 12.8. The van der Waals surface area contributed by atoms with Crippen molar-refractivity contribution in [3.05, 3.63) is 47.7 Å². The van der Waals surface area contributed by atoms with E-state index in [9.17, 15) is 29.1 Å². The Morgan fingerprint density at radius 2 is 1.56 bits per heavy atom. The van der Waals surface area contributed by atoms with E-state index in [1.807, 2.05) is 19.0 Å². The molecule has 0 fully saturated rings. The van der Waals surface area contributed by atoms with Gasteiger partial charge < -0.3 is 44.6 Å². The molecule has 0 aliphatic carbocycles. The predicted molar refractivity (Wildman–Crippen MR) is 156 cm³/mol. The zero-order chi connectivity index (χ0) is 31.9. The van der Waals surface area contributed by atoms with Crippen LogP contribution in [0.4, 0.5) is 11.4 Å². The SMILES string of the molecule is COC(=O)C1(O)C(OC)=CC(=O)N1CCCC(=O)Nc1cc(C(=O)Nc2cc(C(=O)NCCCN(C)C)n(C)c2)n(C)c1. The molecule has 1 unspecified atom stereocenters. The zero-order valence-corrected chi connectivity index (χ0v) is 25.2. The number of carbonyl (C=O) groups excluding carboxylic acids is 5. The Kier molecular flexibility index (Phi) is 10.7. The van der Waals surface area contributed by atoms with Crippen molar-refractivity contribution in [2.45, 2.75) is 25.0 Å². The Labute approximate surface area is 249 Å². The Morgan fingerprint density at radius 3 is 2.14 bits per heavy atom. The lowest BCUT2D eigenvalue weighted by molar-refractivity contribution is -0.184. The molecule has 0 saturated heterocycles. The molecule has 0 bridgehead atoms. The molecular formula is C28H39N7O8. The minimum atomic E-state index is -2.41. The number of nitrogens with zero attached hydrogens (tertiary/aromatic N) is 4. The van der Waals surface area contributed by atoms with Crippen LogP contribution >= 0.6 is 0 Å². The highest BCUT2D eigenvalue weighted by atomic mass is 16.6. The highest BCUT2D eigenvalue weighted by Crippen LogP contribution is 2.31. The van der Waals surface area contributed by atoms with Crippen LogP contribution in [0.2, 0.25) is 0 Å². The summed E-state index contributed by atoms with van der Waals surface area (Å²) >= 11 is 0. The average molecular weight is 602 g/mol. The zero-order valence-electron chi connectivity index (χ0n) is 25.2. The number of aliphatic hydroxyl groups is 1. The Bertz CT molecular complexity index is 1410. The molecule has 3 heterocycles. The van der Waals surface area contributed by atoms with E-state index in [1.54, 1.807) is 41.7 Å². The fourth-order valence-electron chi connectivity index (χ4n) is 4.63. The normalized spacial score (nSPS) is 16.2. The van der Waals surface area contributed by atoms with Crippen molar-refractivity contribution in [3.63, 3.8) is 0 Å². The van der Waals surface area contributed by atoms with Crippen LogP contribution in [0.3, 0.4) is 0 Å². The van der Waals surface area contributed by atoms with Gasteiger partial charge in [-0.25, -0.2) is 4.79 Å². The number of methoxy groups -OCH3 is 2. The molecule has 0 saturated carbocycles. The first-order valence-electron chi connectivity index (χ1n) is 13.6. The molecule has 3 rings (SSSR count). The van der Waals surface area contributed by atoms with Crippen molar-refractivity contribution < 1.29 is 38.6 Å². The number of carbonyl (C=O) groups is 5. The molecule has 1 aliphatic rings. The minimum Gasteiger partial charge on any atom is -0.495 e.